The van der Waals surface area contributed by atoms with Gasteiger partial charge in [-0.15, -0.1) is 0 Å². The fraction of sp³-hybridized carbons (Fsp3) is 0.462. The van der Waals surface area contributed by atoms with Gasteiger partial charge in [0.2, 0.25) is 0 Å². The van der Waals surface area contributed by atoms with Crippen molar-refractivity contribution >= 4 is 11.1 Å². The largest absolute Gasteiger partial charge is 0.419 e. The first-order valence-electron chi connectivity index (χ1n) is 5.93. The van der Waals surface area contributed by atoms with Crippen molar-refractivity contribution in [2.75, 3.05) is 0 Å². The molecule has 0 saturated heterocycles. The van der Waals surface area contributed by atoms with Crippen molar-refractivity contribution in [3.63, 3.8) is 0 Å². The molecule has 17 heavy (non-hydrogen) atoms. The number of benzene rings is 1. The normalized spacial score (nSPS) is 13.5. The maximum absolute atomic E-state index is 11.5. The van der Waals surface area contributed by atoms with Crippen molar-refractivity contribution in [2.24, 2.45) is 11.7 Å². The summed E-state index contributed by atoms with van der Waals surface area (Å²) in [6, 6.07) is 5.71. The van der Waals surface area contributed by atoms with Gasteiger partial charge in [-0.3, -0.25) is 4.57 Å². The Morgan fingerprint density at radius 3 is 2.71 bits per heavy atom. The van der Waals surface area contributed by atoms with Gasteiger partial charge in [0.1, 0.15) is 0 Å². The van der Waals surface area contributed by atoms with Crippen molar-refractivity contribution in [1.82, 2.24) is 4.57 Å². The smallest absolute Gasteiger partial charge is 0.408 e. The summed E-state index contributed by atoms with van der Waals surface area (Å²) in [7, 11) is 0. The topological polar surface area (TPSA) is 61.2 Å². The van der Waals surface area contributed by atoms with Crippen LogP contribution in [0.25, 0.3) is 11.1 Å². The zero-order valence-corrected chi connectivity index (χ0v) is 10.4. The number of hydrogen-bond acceptors (Lipinski definition) is 3. The van der Waals surface area contributed by atoms with Gasteiger partial charge in [0.15, 0.2) is 5.58 Å². The van der Waals surface area contributed by atoms with Gasteiger partial charge in [0.05, 0.1) is 5.52 Å². The highest BCUT2D eigenvalue weighted by atomic mass is 16.4. The Bertz CT molecular complexity index is 581. The second-order valence-corrected chi connectivity index (χ2v) is 4.61. The Morgan fingerprint density at radius 2 is 2.12 bits per heavy atom. The van der Waals surface area contributed by atoms with Gasteiger partial charge in [0, 0.05) is 12.6 Å². The van der Waals surface area contributed by atoms with E-state index < -0.39 is 0 Å². The van der Waals surface area contributed by atoms with Crippen molar-refractivity contribution in [3.8, 4) is 0 Å². The number of nitrogens with zero attached hydrogens (tertiary/aromatic N) is 1. The third-order valence-electron chi connectivity index (χ3n) is 3.11. The Hall–Kier alpha value is -1.55. The SMILES string of the molecule is CCn1c(=O)oc2cc(C(N)C(C)C)ccc21. The van der Waals surface area contributed by atoms with Crippen LogP contribution >= 0.6 is 0 Å². The van der Waals surface area contributed by atoms with E-state index in [1.807, 2.05) is 25.1 Å². The lowest BCUT2D eigenvalue weighted by atomic mass is 9.97. The Kier molecular flexibility index (Phi) is 3.07. The van der Waals surface area contributed by atoms with Gasteiger partial charge in [-0.1, -0.05) is 19.9 Å². The molecule has 0 aliphatic rings. The van der Waals surface area contributed by atoms with Crippen molar-refractivity contribution < 1.29 is 4.42 Å². The summed E-state index contributed by atoms with van der Waals surface area (Å²) >= 11 is 0. The van der Waals surface area contributed by atoms with Crippen LogP contribution in [0.5, 0.6) is 0 Å². The minimum atomic E-state index is -0.308. The molecule has 0 saturated carbocycles. The average Bonchev–Trinajstić information content (AvgIpc) is 2.61. The summed E-state index contributed by atoms with van der Waals surface area (Å²) in [4.78, 5) is 11.5. The molecule has 0 radical (unpaired) electrons. The summed E-state index contributed by atoms with van der Waals surface area (Å²) in [6.07, 6.45) is 0. The molecule has 1 unspecified atom stereocenters. The van der Waals surface area contributed by atoms with Gasteiger partial charge < -0.3 is 10.2 Å². The molecule has 1 aromatic carbocycles. The molecule has 2 rings (SSSR count). The summed E-state index contributed by atoms with van der Waals surface area (Å²) < 4.78 is 6.82. The van der Waals surface area contributed by atoms with E-state index in [0.717, 1.165) is 11.1 Å². The van der Waals surface area contributed by atoms with Crippen LogP contribution in [0.4, 0.5) is 0 Å². The van der Waals surface area contributed by atoms with Crippen LogP contribution in [0, 0.1) is 5.92 Å². The molecule has 1 atom stereocenters. The van der Waals surface area contributed by atoms with E-state index in [9.17, 15) is 4.79 Å². The number of nitrogens with two attached hydrogens (primary N) is 1. The maximum Gasteiger partial charge on any atom is 0.419 e. The van der Waals surface area contributed by atoms with Crippen LogP contribution in [0.2, 0.25) is 0 Å². The van der Waals surface area contributed by atoms with Crippen LogP contribution in [-0.4, -0.2) is 4.57 Å². The van der Waals surface area contributed by atoms with Crippen LogP contribution in [-0.2, 0) is 6.54 Å². The van der Waals surface area contributed by atoms with E-state index in [0.29, 0.717) is 18.0 Å². The van der Waals surface area contributed by atoms with Crippen molar-refractivity contribution in [2.45, 2.75) is 33.4 Å². The van der Waals surface area contributed by atoms with Crippen LogP contribution < -0.4 is 11.5 Å². The number of hydrogen-bond donors (Lipinski definition) is 1. The van der Waals surface area contributed by atoms with Crippen LogP contribution in [0.1, 0.15) is 32.4 Å². The van der Waals surface area contributed by atoms with E-state index in [2.05, 4.69) is 13.8 Å². The highest BCUT2D eigenvalue weighted by molar-refractivity contribution is 5.73. The Morgan fingerprint density at radius 1 is 1.41 bits per heavy atom. The van der Waals surface area contributed by atoms with E-state index in [-0.39, 0.29) is 11.8 Å². The third kappa shape index (κ3) is 2.00. The number of oxazole rings is 1. The van der Waals surface area contributed by atoms with E-state index in [4.69, 9.17) is 10.2 Å². The first kappa shape index (κ1) is 11.9. The molecule has 0 fully saturated rings. The third-order valence-corrected chi connectivity index (χ3v) is 3.11. The molecule has 0 aliphatic carbocycles. The summed E-state index contributed by atoms with van der Waals surface area (Å²) in [5.74, 6) is 0.0465. The van der Waals surface area contributed by atoms with Gasteiger partial charge >= 0.3 is 5.76 Å². The fourth-order valence-electron chi connectivity index (χ4n) is 1.97. The van der Waals surface area contributed by atoms with Crippen LogP contribution in [0.15, 0.2) is 27.4 Å². The molecule has 0 spiro atoms. The van der Waals surface area contributed by atoms with Crippen molar-refractivity contribution in [1.29, 1.82) is 0 Å². The minimum Gasteiger partial charge on any atom is -0.408 e. The van der Waals surface area contributed by atoms with Gasteiger partial charge in [0.25, 0.3) is 0 Å². The molecular formula is C13H18N2O2. The molecule has 2 N–H and O–H groups in total. The summed E-state index contributed by atoms with van der Waals surface area (Å²) in [5.41, 5.74) is 8.53. The number of fused-ring (bicyclic) bond motifs is 1. The summed E-state index contributed by atoms with van der Waals surface area (Å²) in [5, 5.41) is 0. The lowest BCUT2D eigenvalue weighted by Crippen LogP contribution is -2.16. The van der Waals surface area contributed by atoms with E-state index in [1.165, 1.54) is 0 Å². The molecule has 0 amide bonds. The molecule has 4 heteroatoms. The average molecular weight is 234 g/mol. The monoisotopic (exact) mass is 234 g/mol. The second-order valence-electron chi connectivity index (χ2n) is 4.61. The van der Waals surface area contributed by atoms with E-state index in [1.54, 1.807) is 4.57 Å². The van der Waals surface area contributed by atoms with Gasteiger partial charge in [-0.05, 0) is 30.5 Å². The molecule has 0 aliphatic heterocycles. The highest BCUT2D eigenvalue weighted by Gasteiger charge is 2.14. The van der Waals surface area contributed by atoms with Crippen molar-refractivity contribution in [3.05, 3.63) is 34.3 Å². The molecule has 1 aromatic heterocycles. The number of aromatic nitrogens is 1. The molecule has 4 nitrogen and oxygen atoms in total. The standard InChI is InChI=1S/C13H18N2O2/c1-4-15-10-6-5-9(12(14)8(2)3)7-11(10)17-13(15)16/h5-8,12H,4,14H2,1-3H3. The maximum atomic E-state index is 11.5. The number of aryl methyl sites for hydroxylation is 1. The van der Waals surface area contributed by atoms with Crippen LogP contribution in [0.3, 0.4) is 0 Å². The predicted octanol–water partition coefficient (Wildman–Crippen LogP) is 2.27. The zero-order chi connectivity index (χ0) is 12.6. The first-order valence-corrected chi connectivity index (χ1v) is 5.93. The number of rotatable bonds is 3. The Labute approximate surface area is 100 Å². The fourth-order valence-corrected chi connectivity index (χ4v) is 1.97. The molecular weight excluding hydrogens is 216 g/mol. The zero-order valence-electron chi connectivity index (χ0n) is 10.4. The summed E-state index contributed by atoms with van der Waals surface area (Å²) in [6.45, 7) is 6.68. The lowest BCUT2D eigenvalue weighted by molar-refractivity contribution is 0.505. The first-order chi connectivity index (χ1) is 8.04. The predicted molar refractivity (Wildman–Crippen MR) is 67.9 cm³/mol. The quantitative estimate of drug-likeness (QED) is 0.886. The Balaban J connectivity index is 2.56. The molecule has 2 aromatic rings. The molecule has 92 valence electrons. The highest BCUT2D eigenvalue weighted by Crippen LogP contribution is 2.23. The minimum absolute atomic E-state index is 0.0327. The van der Waals surface area contributed by atoms with Gasteiger partial charge in [-0.2, -0.15) is 0 Å². The lowest BCUT2D eigenvalue weighted by Gasteiger charge is -2.15. The molecule has 1 heterocycles. The second kappa shape index (κ2) is 4.37. The van der Waals surface area contributed by atoms with Gasteiger partial charge in [-0.25, -0.2) is 4.79 Å². The van der Waals surface area contributed by atoms with E-state index >= 15 is 0 Å². The molecule has 0 bridgehead atoms.